The fraction of sp³-hybridized carbons (Fsp3) is 0.688. The maximum absolute atomic E-state index is 4.11. The summed E-state index contributed by atoms with van der Waals surface area (Å²) in [5.74, 6) is 0.743. The van der Waals surface area contributed by atoms with Crippen LogP contribution in [0.4, 0.5) is 0 Å². The molecule has 0 bridgehead atoms. The molecule has 1 aliphatic rings. The van der Waals surface area contributed by atoms with Gasteiger partial charge >= 0.3 is 0 Å². The van der Waals surface area contributed by atoms with Gasteiger partial charge in [0.25, 0.3) is 0 Å². The molecular formula is C16H27N3. The van der Waals surface area contributed by atoms with Crippen molar-refractivity contribution in [1.82, 2.24) is 15.2 Å². The lowest BCUT2D eigenvalue weighted by atomic mass is 9.93. The predicted molar refractivity (Wildman–Crippen MR) is 80.0 cm³/mol. The second kappa shape index (κ2) is 7.01. The third kappa shape index (κ3) is 3.77. The van der Waals surface area contributed by atoms with Gasteiger partial charge in [-0.15, -0.1) is 0 Å². The van der Waals surface area contributed by atoms with E-state index in [1.165, 1.54) is 18.4 Å². The molecule has 3 nitrogen and oxygen atoms in total. The molecule has 1 aromatic heterocycles. The van der Waals surface area contributed by atoms with Crippen molar-refractivity contribution in [1.29, 1.82) is 0 Å². The van der Waals surface area contributed by atoms with Crippen LogP contribution >= 0.6 is 0 Å². The van der Waals surface area contributed by atoms with Gasteiger partial charge in [0.05, 0.1) is 0 Å². The Hall–Kier alpha value is -0.930. The number of piperazine rings is 1. The molecule has 1 aromatic rings. The van der Waals surface area contributed by atoms with Gasteiger partial charge in [-0.25, -0.2) is 0 Å². The minimum absolute atomic E-state index is 0.641. The number of pyridine rings is 1. The molecule has 2 rings (SSSR count). The number of nitrogens with one attached hydrogen (secondary N) is 1. The molecule has 0 radical (unpaired) electrons. The Morgan fingerprint density at radius 1 is 1.37 bits per heavy atom. The van der Waals surface area contributed by atoms with Gasteiger partial charge in [0.2, 0.25) is 0 Å². The van der Waals surface area contributed by atoms with Crippen molar-refractivity contribution in [2.45, 2.75) is 52.2 Å². The van der Waals surface area contributed by atoms with Crippen molar-refractivity contribution < 1.29 is 0 Å². The summed E-state index contributed by atoms with van der Waals surface area (Å²) in [6.45, 7) is 10.3. The van der Waals surface area contributed by atoms with E-state index in [-0.39, 0.29) is 0 Å². The van der Waals surface area contributed by atoms with Crippen LogP contribution in [0.3, 0.4) is 0 Å². The van der Waals surface area contributed by atoms with E-state index in [2.05, 4.69) is 48.1 Å². The second-order valence-corrected chi connectivity index (χ2v) is 5.75. The molecule has 106 valence electrons. The smallest absolute Gasteiger partial charge is 0.0271 e. The van der Waals surface area contributed by atoms with E-state index in [1.54, 1.807) is 0 Å². The maximum atomic E-state index is 4.11. The zero-order valence-electron chi connectivity index (χ0n) is 12.5. The van der Waals surface area contributed by atoms with Gasteiger partial charge in [0, 0.05) is 44.1 Å². The van der Waals surface area contributed by atoms with Gasteiger partial charge < -0.3 is 5.32 Å². The molecule has 0 aromatic carbocycles. The molecule has 1 aliphatic heterocycles. The quantitative estimate of drug-likeness (QED) is 0.883. The molecule has 0 spiro atoms. The molecule has 0 saturated carbocycles. The third-order valence-corrected chi connectivity index (χ3v) is 4.47. The van der Waals surface area contributed by atoms with E-state index < -0.39 is 0 Å². The highest BCUT2D eigenvalue weighted by Gasteiger charge is 2.29. The topological polar surface area (TPSA) is 28.2 Å². The van der Waals surface area contributed by atoms with Gasteiger partial charge in [-0.05, 0) is 30.0 Å². The van der Waals surface area contributed by atoms with E-state index in [1.807, 2.05) is 12.4 Å². The molecule has 3 atom stereocenters. The first-order valence-corrected chi connectivity index (χ1v) is 7.60. The summed E-state index contributed by atoms with van der Waals surface area (Å²) in [6, 6.07) is 5.57. The maximum Gasteiger partial charge on any atom is 0.0271 e. The van der Waals surface area contributed by atoms with Crippen LogP contribution in [0.15, 0.2) is 24.5 Å². The first-order chi connectivity index (χ1) is 9.24. The molecule has 1 fully saturated rings. The molecule has 0 aliphatic carbocycles. The van der Waals surface area contributed by atoms with Crippen molar-refractivity contribution in [2.75, 3.05) is 13.1 Å². The van der Waals surface area contributed by atoms with Crippen molar-refractivity contribution >= 4 is 0 Å². The van der Waals surface area contributed by atoms with Crippen LogP contribution in [0, 0.1) is 5.92 Å². The Balaban J connectivity index is 2.06. The first kappa shape index (κ1) is 14.5. The van der Waals surface area contributed by atoms with Crippen molar-refractivity contribution in [3.8, 4) is 0 Å². The summed E-state index contributed by atoms with van der Waals surface area (Å²) in [7, 11) is 0. The lowest BCUT2D eigenvalue weighted by Crippen LogP contribution is -2.57. The summed E-state index contributed by atoms with van der Waals surface area (Å²) in [6.07, 6.45) is 6.25. The second-order valence-electron chi connectivity index (χ2n) is 5.75. The molecule has 3 heteroatoms. The van der Waals surface area contributed by atoms with Crippen LogP contribution in [-0.2, 0) is 6.54 Å². The predicted octanol–water partition coefficient (Wildman–Crippen LogP) is 2.68. The molecule has 1 N–H and O–H groups in total. The molecule has 19 heavy (non-hydrogen) atoms. The molecule has 0 amide bonds. The van der Waals surface area contributed by atoms with E-state index in [9.17, 15) is 0 Å². The van der Waals surface area contributed by atoms with Gasteiger partial charge in [-0.2, -0.15) is 0 Å². The van der Waals surface area contributed by atoms with E-state index in [0.717, 1.165) is 25.6 Å². The zero-order chi connectivity index (χ0) is 13.7. The molecule has 1 saturated heterocycles. The van der Waals surface area contributed by atoms with Crippen LogP contribution < -0.4 is 5.32 Å². The Morgan fingerprint density at radius 2 is 2.11 bits per heavy atom. The summed E-state index contributed by atoms with van der Waals surface area (Å²) in [5, 5.41) is 3.70. The van der Waals surface area contributed by atoms with Crippen molar-refractivity contribution in [3.05, 3.63) is 30.1 Å². The summed E-state index contributed by atoms with van der Waals surface area (Å²) < 4.78 is 0. The zero-order valence-corrected chi connectivity index (χ0v) is 12.5. The average molecular weight is 261 g/mol. The van der Waals surface area contributed by atoms with Gasteiger partial charge in [-0.3, -0.25) is 9.88 Å². The van der Waals surface area contributed by atoms with Crippen LogP contribution in [0.2, 0.25) is 0 Å². The van der Waals surface area contributed by atoms with Crippen LogP contribution in [0.5, 0.6) is 0 Å². The highest BCUT2D eigenvalue weighted by molar-refractivity contribution is 5.10. The Kier molecular flexibility index (Phi) is 5.34. The number of aromatic nitrogens is 1. The number of nitrogens with zero attached hydrogens (tertiary/aromatic N) is 2. The summed E-state index contributed by atoms with van der Waals surface area (Å²) in [4.78, 5) is 6.77. The SMILES string of the molecule is CCC1CN(Cc2ccncc2)C(C(C)CC)CN1. The largest absolute Gasteiger partial charge is 0.311 e. The van der Waals surface area contributed by atoms with Gasteiger partial charge in [0.1, 0.15) is 0 Å². The monoisotopic (exact) mass is 261 g/mol. The van der Waals surface area contributed by atoms with Crippen molar-refractivity contribution in [2.24, 2.45) is 5.92 Å². The number of rotatable bonds is 5. The van der Waals surface area contributed by atoms with Crippen LogP contribution in [0.1, 0.15) is 39.2 Å². The normalized spacial score (nSPS) is 26.3. The number of hydrogen-bond acceptors (Lipinski definition) is 3. The highest BCUT2D eigenvalue weighted by Crippen LogP contribution is 2.21. The number of hydrogen-bond donors (Lipinski definition) is 1. The van der Waals surface area contributed by atoms with E-state index in [0.29, 0.717) is 12.1 Å². The molecule has 3 unspecified atom stereocenters. The third-order valence-electron chi connectivity index (χ3n) is 4.47. The summed E-state index contributed by atoms with van der Waals surface area (Å²) in [5.41, 5.74) is 1.38. The molecule has 2 heterocycles. The van der Waals surface area contributed by atoms with Gasteiger partial charge in [-0.1, -0.05) is 27.2 Å². The highest BCUT2D eigenvalue weighted by atomic mass is 15.2. The Bertz CT molecular complexity index is 366. The fourth-order valence-electron chi connectivity index (χ4n) is 2.91. The van der Waals surface area contributed by atoms with Crippen LogP contribution in [-0.4, -0.2) is 35.1 Å². The standard InChI is InChI=1S/C16H27N3/c1-4-13(3)16-10-18-15(5-2)12-19(16)11-14-6-8-17-9-7-14/h6-9,13,15-16,18H,4-5,10-12H2,1-3H3. The van der Waals surface area contributed by atoms with E-state index in [4.69, 9.17) is 0 Å². The van der Waals surface area contributed by atoms with E-state index >= 15 is 0 Å². The van der Waals surface area contributed by atoms with Gasteiger partial charge in [0.15, 0.2) is 0 Å². The lowest BCUT2D eigenvalue weighted by molar-refractivity contribution is 0.0832. The first-order valence-electron chi connectivity index (χ1n) is 7.60. The van der Waals surface area contributed by atoms with Crippen LogP contribution in [0.25, 0.3) is 0 Å². The molecular weight excluding hydrogens is 234 g/mol. The average Bonchev–Trinajstić information content (AvgIpc) is 2.47. The summed E-state index contributed by atoms with van der Waals surface area (Å²) >= 11 is 0. The van der Waals surface area contributed by atoms with Crippen molar-refractivity contribution in [3.63, 3.8) is 0 Å². The lowest BCUT2D eigenvalue weighted by Gasteiger charge is -2.43. The fourth-order valence-corrected chi connectivity index (χ4v) is 2.91. The minimum Gasteiger partial charge on any atom is -0.311 e. The Labute approximate surface area is 117 Å². The Morgan fingerprint density at radius 3 is 2.74 bits per heavy atom. The minimum atomic E-state index is 0.641.